The molecule has 1 heterocycles. The van der Waals surface area contributed by atoms with Crippen LogP contribution >= 0.6 is 0 Å². The fourth-order valence-corrected chi connectivity index (χ4v) is 2.76. The maximum atomic E-state index is 11.9. The second-order valence-corrected chi connectivity index (χ2v) is 5.72. The Morgan fingerprint density at radius 1 is 1.47 bits per heavy atom. The van der Waals surface area contributed by atoms with Crippen molar-refractivity contribution in [1.29, 1.82) is 0 Å². The molecule has 0 aromatic carbocycles. The number of nitrogens with two attached hydrogens (primary N) is 1. The zero-order valence-electron chi connectivity index (χ0n) is 11.7. The van der Waals surface area contributed by atoms with Crippen molar-refractivity contribution in [3.8, 4) is 0 Å². The molecule has 106 valence electrons. The van der Waals surface area contributed by atoms with Crippen LogP contribution in [0.2, 0.25) is 0 Å². The van der Waals surface area contributed by atoms with Gasteiger partial charge in [-0.15, -0.1) is 0 Å². The highest BCUT2D eigenvalue weighted by Crippen LogP contribution is 2.28. The summed E-state index contributed by atoms with van der Waals surface area (Å²) in [6.07, 6.45) is 10.6. The minimum absolute atomic E-state index is 0.0771. The van der Waals surface area contributed by atoms with Crippen molar-refractivity contribution in [3.05, 3.63) is 18.0 Å². The molecule has 0 radical (unpaired) electrons. The van der Waals surface area contributed by atoms with Crippen LogP contribution in [0.5, 0.6) is 0 Å². The third-order valence-corrected chi connectivity index (χ3v) is 3.86. The van der Waals surface area contributed by atoms with Crippen molar-refractivity contribution in [2.24, 2.45) is 12.8 Å². The van der Waals surface area contributed by atoms with Gasteiger partial charge < -0.3 is 11.1 Å². The van der Waals surface area contributed by atoms with Gasteiger partial charge in [-0.3, -0.25) is 9.48 Å². The lowest BCUT2D eigenvalue weighted by atomic mass is 9.80. The van der Waals surface area contributed by atoms with Gasteiger partial charge in [0.25, 0.3) is 0 Å². The topological polar surface area (TPSA) is 72.9 Å². The molecule has 1 saturated carbocycles. The van der Waals surface area contributed by atoms with Crippen molar-refractivity contribution in [3.63, 3.8) is 0 Å². The summed E-state index contributed by atoms with van der Waals surface area (Å²) in [5.41, 5.74) is 7.15. The van der Waals surface area contributed by atoms with Crippen molar-refractivity contribution in [2.75, 3.05) is 6.54 Å². The fourth-order valence-electron chi connectivity index (χ4n) is 2.76. The van der Waals surface area contributed by atoms with Crippen LogP contribution in [-0.4, -0.2) is 27.8 Å². The van der Waals surface area contributed by atoms with E-state index in [9.17, 15) is 4.79 Å². The van der Waals surface area contributed by atoms with E-state index in [-0.39, 0.29) is 11.4 Å². The van der Waals surface area contributed by atoms with Gasteiger partial charge in [-0.05, 0) is 24.8 Å². The van der Waals surface area contributed by atoms with Crippen molar-refractivity contribution in [2.45, 2.75) is 50.5 Å². The average Bonchev–Trinajstić information content (AvgIpc) is 2.75. The summed E-state index contributed by atoms with van der Waals surface area (Å²) < 4.78 is 1.77. The van der Waals surface area contributed by atoms with Crippen molar-refractivity contribution in [1.82, 2.24) is 15.1 Å². The lowest BCUT2D eigenvalue weighted by Crippen LogP contribution is -2.46. The van der Waals surface area contributed by atoms with E-state index in [1.54, 1.807) is 4.68 Å². The Hall–Kier alpha value is -1.36. The number of nitrogens with zero attached hydrogens (tertiary/aromatic N) is 2. The van der Waals surface area contributed by atoms with Crippen LogP contribution in [0.25, 0.3) is 0 Å². The van der Waals surface area contributed by atoms with Crippen LogP contribution in [0.3, 0.4) is 0 Å². The van der Waals surface area contributed by atoms with E-state index in [1.807, 2.05) is 19.4 Å². The zero-order valence-corrected chi connectivity index (χ0v) is 11.7. The van der Waals surface area contributed by atoms with E-state index in [1.165, 1.54) is 6.42 Å². The van der Waals surface area contributed by atoms with Gasteiger partial charge in [-0.2, -0.15) is 5.10 Å². The van der Waals surface area contributed by atoms with Crippen LogP contribution < -0.4 is 11.1 Å². The molecule has 0 unspecified atom stereocenters. The second kappa shape index (κ2) is 6.19. The summed E-state index contributed by atoms with van der Waals surface area (Å²) >= 11 is 0. The molecule has 0 spiro atoms. The molecule has 3 N–H and O–H groups in total. The average molecular weight is 264 g/mol. The highest BCUT2D eigenvalue weighted by Gasteiger charge is 2.29. The van der Waals surface area contributed by atoms with Gasteiger partial charge in [0.1, 0.15) is 0 Å². The monoisotopic (exact) mass is 264 g/mol. The molecule has 2 rings (SSSR count). The van der Waals surface area contributed by atoms with E-state index in [0.717, 1.165) is 37.7 Å². The molecule has 0 bridgehead atoms. The Labute approximate surface area is 114 Å². The molecule has 5 nitrogen and oxygen atoms in total. The smallest absolute Gasteiger partial charge is 0.221 e. The Kier molecular flexibility index (Phi) is 4.58. The standard InChI is InChI=1S/C14H24N4O/c1-18-11-12(10-17-18)5-8-16-13(19)9-14(15)6-3-2-4-7-14/h10-11H,2-9,15H2,1H3,(H,16,19). The Balaban J connectivity index is 1.69. The van der Waals surface area contributed by atoms with Gasteiger partial charge in [-0.1, -0.05) is 19.3 Å². The number of hydrogen-bond donors (Lipinski definition) is 2. The lowest BCUT2D eigenvalue weighted by molar-refractivity contribution is -0.122. The molecular weight excluding hydrogens is 240 g/mol. The summed E-state index contributed by atoms with van der Waals surface area (Å²) in [4.78, 5) is 11.9. The van der Waals surface area contributed by atoms with Crippen molar-refractivity contribution >= 4 is 5.91 Å². The third-order valence-electron chi connectivity index (χ3n) is 3.86. The quantitative estimate of drug-likeness (QED) is 0.837. The molecule has 0 saturated heterocycles. The molecule has 0 aliphatic heterocycles. The molecule has 1 amide bonds. The lowest BCUT2D eigenvalue weighted by Gasteiger charge is -2.32. The van der Waals surface area contributed by atoms with Crippen LogP contribution in [0.4, 0.5) is 0 Å². The normalized spacial score (nSPS) is 18.2. The van der Waals surface area contributed by atoms with Crippen LogP contribution in [0.1, 0.15) is 44.1 Å². The summed E-state index contributed by atoms with van der Waals surface area (Å²) in [6.45, 7) is 0.653. The predicted molar refractivity (Wildman–Crippen MR) is 74.5 cm³/mol. The number of nitrogens with one attached hydrogen (secondary N) is 1. The number of rotatable bonds is 5. The van der Waals surface area contributed by atoms with E-state index in [0.29, 0.717) is 13.0 Å². The molecule has 1 aliphatic carbocycles. The number of aryl methyl sites for hydroxylation is 1. The number of carbonyl (C=O) groups is 1. The van der Waals surface area contributed by atoms with Gasteiger partial charge in [0.2, 0.25) is 5.91 Å². The zero-order chi connectivity index (χ0) is 13.7. The first kappa shape index (κ1) is 14.1. The van der Waals surface area contributed by atoms with Gasteiger partial charge in [-0.25, -0.2) is 0 Å². The van der Waals surface area contributed by atoms with Gasteiger partial charge >= 0.3 is 0 Å². The molecule has 1 aromatic heterocycles. The van der Waals surface area contributed by atoms with Gasteiger partial charge in [0.15, 0.2) is 0 Å². The Bertz CT molecular complexity index is 421. The van der Waals surface area contributed by atoms with Crippen LogP contribution in [-0.2, 0) is 18.3 Å². The van der Waals surface area contributed by atoms with Gasteiger partial charge in [0, 0.05) is 31.7 Å². The van der Waals surface area contributed by atoms with Crippen LogP contribution in [0, 0.1) is 0 Å². The minimum Gasteiger partial charge on any atom is -0.356 e. The summed E-state index contributed by atoms with van der Waals surface area (Å²) in [7, 11) is 1.89. The third kappa shape index (κ3) is 4.35. The molecule has 1 fully saturated rings. The number of carbonyl (C=O) groups excluding carboxylic acids is 1. The highest BCUT2D eigenvalue weighted by atomic mass is 16.1. The number of amides is 1. The highest BCUT2D eigenvalue weighted by molar-refractivity contribution is 5.77. The largest absolute Gasteiger partial charge is 0.356 e. The summed E-state index contributed by atoms with van der Waals surface area (Å²) in [5.74, 6) is 0.0771. The summed E-state index contributed by atoms with van der Waals surface area (Å²) in [5, 5.41) is 7.06. The van der Waals surface area contributed by atoms with E-state index in [2.05, 4.69) is 10.4 Å². The maximum absolute atomic E-state index is 11.9. The van der Waals surface area contributed by atoms with Crippen LogP contribution in [0.15, 0.2) is 12.4 Å². The second-order valence-electron chi connectivity index (χ2n) is 5.72. The Morgan fingerprint density at radius 2 is 2.21 bits per heavy atom. The van der Waals surface area contributed by atoms with Crippen molar-refractivity contribution < 1.29 is 4.79 Å². The Morgan fingerprint density at radius 3 is 2.84 bits per heavy atom. The molecule has 1 aliphatic rings. The number of hydrogen-bond acceptors (Lipinski definition) is 3. The first-order valence-corrected chi connectivity index (χ1v) is 7.11. The minimum atomic E-state index is -0.267. The molecular formula is C14H24N4O. The summed E-state index contributed by atoms with van der Waals surface area (Å²) in [6, 6.07) is 0. The first-order valence-electron chi connectivity index (χ1n) is 7.11. The molecule has 0 atom stereocenters. The van der Waals surface area contributed by atoms with E-state index in [4.69, 9.17) is 5.73 Å². The SMILES string of the molecule is Cn1cc(CCNC(=O)CC2(N)CCCCC2)cn1. The molecule has 1 aromatic rings. The van der Waals surface area contributed by atoms with Gasteiger partial charge in [0.05, 0.1) is 6.20 Å². The number of aromatic nitrogens is 2. The first-order chi connectivity index (χ1) is 9.07. The molecule has 19 heavy (non-hydrogen) atoms. The van der Waals surface area contributed by atoms with E-state index >= 15 is 0 Å². The fraction of sp³-hybridized carbons (Fsp3) is 0.714. The maximum Gasteiger partial charge on any atom is 0.221 e. The molecule has 5 heteroatoms. The predicted octanol–water partition coefficient (Wildman–Crippen LogP) is 1.13. The van der Waals surface area contributed by atoms with E-state index < -0.39 is 0 Å².